The predicted molar refractivity (Wildman–Crippen MR) is 84.6 cm³/mol. The van der Waals surface area contributed by atoms with Crippen molar-refractivity contribution in [2.75, 3.05) is 0 Å². The molecule has 0 aliphatic carbocycles. The number of carbonyl (C=O) groups is 1. The molecule has 1 amide bonds. The Hall–Kier alpha value is -2.05. The number of ether oxygens (including phenoxy) is 1. The predicted octanol–water partition coefficient (Wildman–Crippen LogP) is 4.04. The van der Waals surface area contributed by atoms with Crippen molar-refractivity contribution in [2.45, 2.75) is 15.7 Å². The lowest BCUT2D eigenvalue weighted by Gasteiger charge is -2.03. The molecule has 3 rings (SSSR count). The van der Waals surface area contributed by atoms with Crippen molar-refractivity contribution in [3.05, 3.63) is 53.7 Å². The summed E-state index contributed by atoms with van der Waals surface area (Å²) in [5.74, 6) is 0. The molecule has 0 bridgehead atoms. The highest BCUT2D eigenvalue weighted by Crippen LogP contribution is 2.36. The van der Waals surface area contributed by atoms with Gasteiger partial charge >= 0.3 is 6.09 Å². The smallest absolute Gasteiger partial charge is 0.404 e. The van der Waals surface area contributed by atoms with Crippen LogP contribution in [-0.2, 0) is 11.3 Å². The van der Waals surface area contributed by atoms with Gasteiger partial charge in [0.2, 0.25) is 0 Å². The number of fused-ring (bicyclic) bond motifs is 1. The van der Waals surface area contributed by atoms with Crippen molar-refractivity contribution in [2.24, 2.45) is 5.73 Å². The number of primary amides is 1. The molecule has 21 heavy (non-hydrogen) atoms. The number of amides is 1. The third kappa shape index (κ3) is 3.34. The van der Waals surface area contributed by atoms with Crippen LogP contribution >= 0.6 is 23.1 Å². The molecule has 106 valence electrons. The van der Waals surface area contributed by atoms with Crippen LogP contribution in [0.1, 0.15) is 5.01 Å². The van der Waals surface area contributed by atoms with Gasteiger partial charge in [-0.1, -0.05) is 48.2 Å². The lowest BCUT2D eigenvalue weighted by Crippen LogP contribution is -2.12. The first-order valence-corrected chi connectivity index (χ1v) is 7.88. The van der Waals surface area contributed by atoms with E-state index in [4.69, 9.17) is 10.5 Å². The van der Waals surface area contributed by atoms with Crippen LogP contribution in [0.4, 0.5) is 4.79 Å². The number of carbonyl (C=O) groups excluding carboxylic acids is 1. The van der Waals surface area contributed by atoms with Gasteiger partial charge in [0.15, 0.2) is 0 Å². The SMILES string of the molecule is NC(=O)OCc1ncc(Sc2cccc3ccccc23)s1. The zero-order valence-electron chi connectivity index (χ0n) is 11.0. The quantitative estimate of drug-likeness (QED) is 0.789. The molecule has 0 unspecified atom stereocenters. The maximum absolute atomic E-state index is 10.6. The highest BCUT2D eigenvalue weighted by Gasteiger charge is 2.07. The molecule has 0 saturated carbocycles. The normalized spacial score (nSPS) is 10.7. The summed E-state index contributed by atoms with van der Waals surface area (Å²) in [4.78, 5) is 16.0. The van der Waals surface area contributed by atoms with Gasteiger partial charge in [-0.2, -0.15) is 0 Å². The minimum absolute atomic E-state index is 0.121. The molecule has 0 saturated heterocycles. The number of hydrogen-bond acceptors (Lipinski definition) is 5. The molecular weight excluding hydrogens is 304 g/mol. The molecule has 2 aromatic carbocycles. The molecule has 0 spiro atoms. The average molecular weight is 316 g/mol. The Morgan fingerprint density at radius 3 is 2.90 bits per heavy atom. The van der Waals surface area contributed by atoms with Crippen LogP contribution in [0.15, 0.2) is 57.8 Å². The van der Waals surface area contributed by atoms with E-state index >= 15 is 0 Å². The van der Waals surface area contributed by atoms with Crippen LogP contribution < -0.4 is 5.73 Å². The Bertz CT molecular complexity index is 781. The van der Waals surface area contributed by atoms with E-state index in [2.05, 4.69) is 29.2 Å². The van der Waals surface area contributed by atoms with Gasteiger partial charge in [-0.25, -0.2) is 9.78 Å². The molecule has 0 aliphatic heterocycles. The van der Waals surface area contributed by atoms with Crippen LogP contribution in [0.3, 0.4) is 0 Å². The summed E-state index contributed by atoms with van der Waals surface area (Å²) in [5, 5.41) is 3.16. The zero-order chi connectivity index (χ0) is 14.7. The summed E-state index contributed by atoms with van der Waals surface area (Å²) < 4.78 is 5.79. The van der Waals surface area contributed by atoms with Crippen LogP contribution in [0.5, 0.6) is 0 Å². The summed E-state index contributed by atoms with van der Waals surface area (Å²) in [6.07, 6.45) is 1.00. The minimum Gasteiger partial charge on any atom is -0.442 e. The highest BCUT2D eigenvalue weighted by molar-refractivity contribution is 8.01. The van der Waals surface area contributed by atoms with E-state index in [9.17, 15) is 4.79 Å². The molecule has 4 nitrogen and oxygen atoms in total. The maximum atomic E-state index is 10.6. The number of nitrogens with zero attached hydrogens (tertiary/aromatic N) is 1. The Kier molecular flexibility index (Phi) is 4.08. The summed E-state index contributed by atoms with van der Waals surface area (Å²) in [6.45, 7) is 0.121. The van der Waals surface area contributed by atoms with E-state index in [0.29, 0.717) is 0 Å². The lowest BCUT2D eigenvalue weighted by molar-refractivity contribution is 0.150. The number of nitrogens with two attached hydrogens (primary N) is 1. The monoisotopic (exact) mass is 316 g/mol. The van der Waals surface area contributed by atoms with Crippen LogP contribution in [0.25, 0.3) is 10.8 Å². The fourth-order valence-electron chi connectivity index (χ4n) is 1.93. The Morgan fingerprint density at radius 1 is 1.24 bits per heavy atom. The first-order valence-electron chi connectivity index (χ1n) is 6.25. The molecule has 2 N–H and O–H groups in total. The molecule has 0 atom stereocenters. The molecule has 1 aromatic heterocycles. The summed E-state index contributed by atoms with van der Waals surface area (Å²) >= 11 is 3.15. The third-order valence-corrected chi connectivity index (χ3v) is 4.98. The van der Waals surface area contributed by atoms with Crippen LogP contribution in [-0.4, -0.2) is 11.1 Å². The van der Waals surface area contributed by atoms with E-state index in [1.54, 1.807) is 18.0 Å². The van der Waals surface area contributed by atoms with E-state index < -0.39 is 6.09 Å². The minimum atomic E-state index is -0.784. The van der Waals surface area contributed by atoms with Crippen molar-refractivity contribution in [3.8, 4) is 0 Å². The van der Waals surface area contributed by atoms with Crippen molar-refractivity contribution >= 4 is 40.0 Å². The Balaban J connectivity index is 1.81. The summed E-state index contributed by atoms with van der Waals surface area (Å²) in [5.41, 5.74) is 4.94. The van der Waals surface area contributed by atoms with Gasteiger partial charge in [0.1, 0.15) is 11.6 Å². The number of benzene rings is 2. The van der Waals surface area contributed by atoms with Crippen molar-refractivity contribution in [3.63, 3.8) is 0 Å². The van der Waals surface area contributed by atoms with E-state index in [1.807, 2.05) is 18.2 Å². The summed E-state index contributed by atoms with van der Waals surface area (Å²) in [7, 11) is 0. The molecule has 0 fully saturated rings. The second-order valence-electron chi connectivity index (χ2n) is 4.26. The third-order valence-electron chi connectivity index (χ3n) is 2.83. The van der Waals surface area contributed by atoms with Crippen molar-refractivity contribution in [1.82, 2.24) is 4.98 Å². The first kappa shape index (κ1) is 13.9. The van der Waals surface area contributed by atoms with Crippen molar-refractivity contribution in [1.29, 1.82) is 0 Å². The van der Waals surface area contributed by atoms with Gasteiger partial charge in [-0.15, -0.1) is 11.3 Å². The fourth-order valence-corrected chi connectivity index (χ4v) is 3.98. The molecule has 1 heterocycles. The number of hydrogen-bond donors (Lipinski definition) is 1. The fraction of sp³-hybridized carbons (Fsp3) is 0.0667. The van der Waals surface area contributed by atoms with Gasteiger partial charge in [-0.3, -0.25) is 0 Å². The largest absolute Gasteiger partial charge is 0.442 e. The van der Waals surface area contributed by atoms with Gasteiger partial charge in [-0.05, 0) is 16.8 Å². The molecule has 0 radical (unpaired) electrons. The number of aromatic nitrogens is 1. The molecular formula is C15H12N2O2S2. The lowest BCUT2D eigenvalue weighted by atomic mass is 10.1. The number of rotatable bonds is 4. The number of thiazole rings is 1. The van der Waals surface area contributed by atoms with E-state index in [-0.39, 0.29) is 6.61 Å². The standard InChI is InChI=1S/C15H12N2O2S2/c16-15(18)19-9-13-17-8-14(21-13)20-12-7-3-5-10-4-1-2-6-11(10)12/h1-8H,9H2,(H2,16,18). The first-order chi connectivity index (χ1) is 10.2. The molecule has 3 aromatic rings. The second kappa shape index (κ2) is 6.15. The Labute approximate surface area is 129 Å². The molecule has 0 aliphatic rings. The van der Waals surface area contributed by atoms with Crippen molar-refractivity contribution < 1.29 is 9.53 Å². The zero-order valence-corrected chi connectivity index (χ0v) is 12.6. The van der Waals surface area contributed by atoms with Gasteiger partial charge in [0, 0.05) is 4.90 Å². The maximum Gasteiger partial charge on any atom is 0.404 e. The average Bonchev–Trinajstić information content (AvgIpc) is 2.93. The van der Waals surface area contributed by atoms with Crippen LogP contribution in [0, 0.1) is 0 Å². The highest BCUT2D eigenvalue weighted by atomic mass is 32.2. The molecule has 6 heteroatoms. The van der Waals surface area contributed by atoms with Crippen LogP contribution in [0.2, 0.25) is 0 Å². The van der Waals surface area contributed by atoms with Gasteiger partial charge in [0.05, 0.1) is 10.4 Å². The topological polar surface area (TPSA) is 65.2 Å². The van der Waals surface area contributed by atoms with Gasteiger partial charge in [0.25, 0.3) is 0 Å². The Morgan fingerprint density at radius 2 is 2.05 bits per heavy atom. The summed E-state index contributed by atoms with van der Waals surface area (Å²) in [6, 6.07) is 14.5. The van der Waals surface area contributed by atoms with E-state index in [1.165, 1.54) is 27.0 Å². The second-order valence-corrected chi connectivity index (χ2v) is 6.72. The van der Waals surface area contributed by atoms with Gasteiger partial charge < -0.3 is 10.5 Å². The van der Waals surface area contributed by atoms with E-state index in [0.717, 1.165) is 9.22 Å².